The quantitative estimate of drug-likeness (QED) is 0.590. The number of benzene rings is 1. The summed E-state index contributed by atoms with van der Waals surface area (Å²) in [5, 5.41) is 4.19. The van der Waals surface area contributed by atoms with Crippen LogP contribution in [0.4, 0.5) is 5.69 Å². The topological polar surface area (TPSA) is 44.7 Å². The highest BCUT2D eigenvalue weighted by Gasteiger charge is 2.51. The van der Waals surface area contributed by atoms with E-state index in [0.29, 0.717) is 6.42 Å². The van der Waals surface area contributed by atoms with Crippen LogP contribution in [0.2, 0.25) is 0 Å². The number of thioether (sulfide) groups is 1. The number of carbonyl (C=O) groups excluding carboxylic acids is 1. The Hall–Kier alpha value is -0.720. The van der Waals surface area contributed by atoms with Gasteiger partial charge in [-0.05, 0) is 80.5 Å². The molecule has 0 aromatic heterocycles. The summed E-state index contributed by atoms with van der Waals surface area (Å²) >= 11 is 5.27. The highest BCUT2D eigenvalue weighted by atomic mass is 79.9. The normalized spacial score (nSPS) is 36.3. The molecule has 4 saturated carbocycles. The fourth-order valence-corrected chi connectivity index (χ4v) is 7.77. The fourth-order valence-electron chi connectivity index (χ4n) is 6.21. The Morgan fingerprint density at radius 3 is 2.34 bits per heavy atom. The molecule has 1 aliphatic heterocycles. The number of rotatable bonds is 4. The van der Waals surface area contributed by atoms with Crippen molar-refractivity contribution in [3.05, 3.63) is 28.7 Å². The van der Waals surface area contributed by atoms with E-state index in [1.807, 2.05) is 36.0 Å². The van der Waals surface area contributed by atoms with E-state index in [1.165, 1.54) is 43.7 Å². The van der Waals surface area contributed by atoms with Gasteiger partial charge in [0.1, 0.15) is 0 Å². The number of aliphatic imine (C=N–C) groups is 1. The standard InChI is InChI=1S/C22H28BrN3OS.ClH/c1-26-19(9-20(27)24-18-4-2-17(23)3-5-18)13-28-21(26)25-22-10-14-6-15(11-22)8-16(7-14)12-22;/h2-5,14-16,19H,6-13H2,1H3,(H,24,27);1H/b25-21-;. The van der Waals surface area contributed by atoms with Gasteiger partial charge in [-0.3, -0.25) is 9.79 Å². The zero-order chi connectivity index (χ0) is 19.3. The Morgan fingerprint density at radius 2 is 1.76 bits per heavy atom. The van der Waals surface area contributed by atoms with Crippen molar-refractivity contribution < 1.29 is 4.79 Å². The summed E-state index contributed by atoms with van der Waals surface area (Å²) < 4.78 is 1.02. The van der Waals surface area contributed by atoms with Crippen LogP contribution in [0.25, 0.3) is 0 Å². The summed E-state index contributed by atoms with van der Waals surface area (Å²) in [4.78, 5) is 20.2. The molecule has 1 aromatic carbocycles. The van der Waals surface area contributed by atoms with E-state index in [4.69, 9.17) is 4.99 Å². The summed E-state index contributed by atoms with van der Waals surface area (Å²) in [6, 6.07) is 7.98. The van der Waals surface area contributed by atoms with Crippen molar-refractivity contribution in [2.75, 3.05) is 18.1 Å². The largest absolute Gasteiger partial charge is 0.350 e. The average Bonchev–Trinajstić information content (AvgIpc) is 2.95. The number of halogens is 2. The predicted molar refractivity (Wildman–Crippen MR) is 127 cm³/mol. The van der Waals surface area contributed by atoms with Crippen molar-refractivity contribution in [1.82, 2.24) is 4.90 Å². The van der Waals surface area contributed by atoms with Gasteiger partial charge in [0.15, 0.2) is 5.17 Å². The van der Waals surface area contributed by atoms with E-state index in [9.17, 15) is 4.79 Å². The van der Waals surface area contributed by atoms with Gasteiger partial charge in [0.25, 0.3) is 0 Å². The minimum absolute atomic E-state index is 0. The van der Waals surface area contributed by atoms with Crippen molar-refractivity contribution >= 4 is 56.9 Å². The molecule has 6 rings (SSSR count). The van der Waals surface area contributed by atoms with E-state index < -0.39 is 0 Å². The van der Waals surface area contributed by atoms with Crippen molar-refractivity contribution in [3.8, 4) is 0 Å². The molecule has 1 aromatic rings. The van der Waals surface area contributed by atoms with Gasteiger partial charge in [-0.2, -0.15) is 0 Å². The molecule has 1 amide bonds. The van der Waals surface area contributed by atoms with E-state index in [0.717, 1.165) is 33.7 Å². The first-order chi connectivity index (χ1) is 13.5. The van der Waals surface area contributed by atoms with Crippen LogP contribution in [-0.2, 0) is 4.79 Å². The number of nitrogens with one attached hydrogen (secondary N) is 1. The van der Waals surface area contributed by atoms with Crippen LogP contribution in [0.15, 0.2) is 33.7 Å². The second kappa shape index (κ2) is 8.43. The number of hydrogen-bond donors (Lipinski definition) is 1. The first kappa shape index (κ1) is 21.5. The van der Waals surface area contributed by atoms with Crippen LogP contribution in [0, 0.1) is 17.8 Å². The van der Waals surface area contributed by atoms with Crippen molar-refractivity contribution in [2.45, 2.75) is 56.5 Å². The summed E-state index contributed by atoms with van der Waals surface area (Å²) in [5.74, 6) is 3.78. The molecule has 1 atom stereocenters. The Kier molecular flexibility index (Phi) is 6.25. The molecular formula is C22H29BrClN3OS. The summed E-state index contributed by atoms with van der Waals surface area (Å²) in [6.45, 7) is 0. The van der Waals surface area contributed by atoms with Gasteiger partial charge >= 0.3 is 0 Å². The van der Waals surface area contributed by atoms with Crippen LogP contribution in [0.3, 0.4) is 0 Å². The molecule has 4 aliphatic carbocycles. The SMILES string of the molecule is CN1/C(=N/C23CC4CC(CC(C4)C2)C3)SCC1CC(=O)Nc1ccc(Br)cc1.Cl. The van der Waals surface area contributed by atoms with E-state index in [2.05, 4.69) is 33.2 Å². The summed E-state index contributed by atoms with van der Waals surface area (Å²) in [7, 11) is 2.12. The molecule has 5 fully saturated rings. The molecule has 1 saturated heterocycles. The molecule has 7 heteroatoms. The minimum atomic E-state index is 0. The number of nitrogens with zero attached hydrogens (tertiary/aromatic N) is 2. The van der Waals surface area contributed by atoms with Gasteiger partial charge < -0.3 is 10.2 Å². The Morgan fingerprint density at radius 1 is 1.17 bits per heavy atom. The maximum absolute atomic E-state index is 12.5. The Bertz CT molecular complexity index is 764. The fraction of sp³-hybridized carbons (Fsp3) is 0.636. The molecule has 0 spiro atoms. The van der Waals surface area contributed by atoms with E-state index in [1.54, 1.807) is 0 Å². The number of carbonyl (C=O) groups is 1. The van der Waals surface area contributed by atoms with Crippen LogP contribution in [0.1, 0.15) is 44.9 Å². The smallest absolute Gasteiger partial charge is 0.226 e. The third-order valence-electron chi connectivity index (χ3n) is 7.14. The first-order valence-corrected chi connectivity index (χ1v) is 12.3. The lowest BCUT2D eigenvalue weighted by Gasteiger charge is -2.55. The van der Waals surface area contributed by atoms with Crippen LogP contribution < -0.4 is 5.32 Å². The number of anilines is 1. The molecule has 29 heavy (non-hydrogen) atoms. The van der Waals surface area contributed by atoms with Gasteiger partial charge in [0.05, 0.1) is 5.54 Å². The number of hydrogen-bond acceptors (Lipinski definition) is 3. The molecule has 4 nitrogen and oxygen atoms in total. The average molecular weight is 499 g/mol. The highest BCUT2D eigenvalue weighted by molar-refractivity contribution is 9.10. The molecule has 1 N–H and O–H groups in total. The Balaban J connectivity index is 0.00000205. The van der Waals surface area contributed by atoms with Crippen molar-refractivity contribution in [3.63, 3.8) is 0 Å². The predicted octanol–water partition coefficient (Wildman–Crippen LogP) is 5.57. The first-order valence-electron chi connectivity index (χ1n) is 10.5. The maximum Gasteiger partial charge on any atom is 0.226 e. The van der Waals surface area contributed by atoms with Gasteiger partial charge in [-0.1, -0.05) is 27.7 Å². The van der Waals surface area contributed by atoms with E-state index in [-0.39, 0.29) is 29.9 Å². The molecule has 0 radical (unpaired) electrons. The lowest BCUT2D eigenvalue weighted by atomic mass is 9.53. The number of amides is 1. The van der Waals surface area contributed by atoms with Crippen LogP contribution in [-0.4, -0.2) is 40.4 Å². The van der Waals surface area contributed by atoms with Gasteiger partial charge in [-0.15, -0.1) is 12.4 Å². The van der Waals surface area contributed by atoms with Gasteiger partial charge in [0, 0.05) is 35.4 Å². The zero-order valence-corrected chi connectivity index (χ0v) is 20.0. The molecule has 4 bridgehead atoms. The minimum Gasteiger partial charge on any atom is -0.350 e. The lowest BCUT2D eigenvalue weighted by molar-refractivity contribution is -0.116. The van der Waals surface area contributed by atoms with Crippen LogP contribution >= 0.6 is 40.1 Å². The summed E-state index contributed by atoms with van der Waals surface area (Å²) in [6.07, 6.45) is 8.76. The molecule has 158 valence electrons. The molecular weight excluding hydrogens is 470 g/mol. The highest BCUT2D eigenvalue weighted by Crippen LogP contribution is 2.57. The lowest BCUT2D eigenvalue weighted by Crippen LogP contribution is -2.50. The molecule has 1 unspecified atom stereocenters. The molecule has 1 heterocycles. The summed E-state index contributed by atoms with van der Waals surface area (Å²) in [5.41, 5.74) is 1.06. The second-order valence-corrected chi connectivity index (χ2v) is 11.3. The van der Waals surface area contributed by atoms with Crippen LogP contribution in [0.5, 0.6) is 0 Å². The van der Waals surface area contributed by atoms with Crippen molar-refractivity contribution in [2.24, 2.45) is 22.7 Å². The van der Waals surface area contributed by atoms with Gasteiger partial charge in [-0.25, -0.2) is 0 Å². The van der Waals surface area contributed by atoms with E-state index >= 15 is 0 Å². The third kappa shape index (κ3) is 4.49. The zero-order valence-electron chi connectivity index (χ0n) is 16.8. The number of amidine groups is 1. The third-order valence-corrected chi connectivity index (χ3v) is 8.86. The monoisotopic (exact) mass is 497 g/mol. The Labute approximate surface area is 192 Å². The second-order valence-electron chi connectivity index (χ2n) is 9.37. The van der Waals surface area contributed by atoms with Gasteiger partial charge in [0.2, 0.25) is 5.91 Å². The van der Waals surface area contributed by atoms with Crippen molar-refractivity contribution in [1.29, 1.82) is 0 Å². The maximum atomic E-state index is 12.5. The molecule has 5 aliphatic rings.